The zero-order valence-electron chi connectivity index (χ0n) is 18.1. The van der Waals surface area contributed by atoms with Gasteiger partial charge in [-0.15, -0.1) is 0 Å². The van der Waals surface area contributed by atoms with Crippen molar-refractivity contribution in [3.63, 3.8) is 0 Å². The molecule has 1 fully saturated rings. The Morgan fingerprint density at radius 2 is 1.96 bits per heavy atom. The summed E-state index contributed by atoms with van der Waals surface area (Å²) in [7, 11) is 1.51. The van der Waals surface area contributed by atoms with Gasteiger partial charge in [0, 0.05) is 6.92 Å². The molecule has 0 radical (unpaired) electrons. The fourth-order valence-corrected chi connectivity index (χ4v) is 5.27. The lowest BCUT2D eigenvalue weighted by Crippen LogP contribution is -2.47. The zero-order valence-corrected chi connectivity index (χ0v) is 18.1. The molecule has 0 bridgehead atoms. The lowest BCUT2D eigenvalue weighted by Gasteiger charge is -2.53. The minimum atomic E-state index is -0.388. The predicted octanol–water partition coefficient (Wildman–Crippen LogP) is 5.31. The lowest BCUT2D eigenvalue weighted by atomic mass is 9.51. The Labute approximate surface area is 165 Å². The summed E-state index contributed by atoms with van der Waals surface area (Å²) in [5, 5.41) is 0. The summed E-state index contributed by atoms with van der Waals surface area (Å²) in [5.74, 6) is 1.18. The second-order valence-corrected chi connectivity index (χ2v) is 9.33. The van der Waals surface area contributed by atoms with Gasteiger partial charge in [0.15, 0.2) is 0 Å². The predicted molar refractivity (Wildman–Crippen MR) is 107 cm³/mol. The van der Waals surface area contributed by atoms with Crippen LogP contribution in [0.5, 0.6) is 0 Å². The summed E-state index contributed by atoms with van der Waals surface area (Å²) in [6, 6.07) is 0. The monoisotopic (exact) mass is 378 g/mol. The van der Waals surface area contributed by atoms with E-state index < -0.39 is 0 Å². The van der Waals surface area contributed by atoms with Crippen molar-refractivity contribution in [2.75, 3.05) is 13.7 Å². The molecule has 0 unspecified atom stereocenters. The van der Waals surface area contributed by atoms with Crippen LogP contribution in [0.15, 0.2) is 11.6 Å². The molecule has 0 aromatic carbocycles. The second-order valence-electron chi connectivity index (χ2n) is 9.33. The number of esters is 2. The van der Waals surface area contributed by atoms with Crippen molar-refractivity contribution in [2.24, 2.45) is 28.6 Å². The van der Waals surface area contributed by atoms with Crippen LogP contribution in [-0.4, -0.2) is 25.7 Å². The van der Waals surface area contributed by atoms with Crippen LogP contribution in [0, 0.1) is 28.6 Å². The number of hydrogen-bond acceptors (Lipinski definition) is 4. The molecule has 154 valence electrons. The van der Waals surface area contributed by atoms with Crippen molar-refractivity contribution in [3.8, 4) is 0 Å². The lowest BCUT2D eigenvalue weighted by molar-refractivity contribution is -0.156. The molecule has 0 spiro atoms. The van der Waals surface area contributed by atoms with Gasteiger partial charge >= 0.3 is 11.9 Å². The maximum Gasteiger partial charge on any atom is 0.312 e. The van der Waals surface area contributed by atoms with Gasteiger partial charge in [-0.05, 0) is 75.0 Å². The molecule has 1 saturated carbocycles. The number of methoxy groups -OCH3 is 1. The van der Waals surface area contributed by atoms with Gasteiger partial charge in [-0.3, -0.25) is 9.59 Å². The van der Waals surface area contributed by atoms with Crippen LogP contribution < -0.4 is 0 Å². The van der Waals surface area contributed by atoms with Gasteiger partial charge in [0.2, 0.25) is 0 Å². The van der Waals surface area contributed by atoms with Gasteiger partial charge in [-0.1, -0.05) is 32.4 Å². The van der Waals surface area contributed by atoms with E-state index in [9.17, 15) is 9.59 Å². The number of fused-ring (bicyclic) bond motifs is 1. The van der Waals surface area contributed by atoms with E-state index in [0.717, 1.165) is 44.9 Å². The third-order valence-corrected chi connectivity index (χ3v) is 7.53. The van der Waals surface area contributed by atoms with Crippen LogP contribution in [0.4, 0.5) is 0 Å². The van der Waals surface area contributed by atoms with Crippen molar-refractivity contribution in [1.29, 1.82) is 0 Å². The smallest absolute Gasteiger partial charge is 0.312 e. The molecule has 0 saturated heterocycles. The van der Waals surface area contributed by atoms with Gasteiger partial charge in [-0.2, -0.15) is 0 Å². The molecule has 0 N–H and O–H groups in total. The van der Waals surface area contributed by atoms with Crippen molar-refractivity contribution >= 4 is 11.9 Å². The standard InChI is InChI=1S/C23H38O4/c1-16(12-15-27-18(3)24)11-14-22(4)17(2)9-10-20-19(22)8-7-13-23(20,5)21(25)26-6/h8,16-17,20H,7,9-15H2,1-6H3/t16-,17+,20+,22-,23-/m0/s1. The van der Waals surface area contributed by atoms with Crippen LogP contribution in [0.25, 0.3) is 0 Å². The summed E-state index contributed by atoms with van der Waals surface area (Å²) in [4.78, 5) is 23.5. The van der Waals surface area contributed by atoms with Gasteiger partial charge in [-0.25, -0.2) is 0 Å². The Hall–Kier alpha value is -1.32. The molecular formula is C23H38O4. The molecule has 4 nitrogen and oxygen atoms in total. The average Bonchev–Trinajstić information content (AvgIpc) is 2.62. The number of carbonyl (C=O) groups excluding carboxylic acids is 2. The molecule has 4 heteroatoms. The first-order valence-electron chi connectivity index (χ1n) is 10.6. The van der Waals surface area contributed by atoms with Crippen molar-refractivity contribution in [1.82, 2.24) is 0 Å². The highest BCUT2D eigenvalue weighted by molar-refractivity contribution is 5.77. The molecule has 2 rings (SSSR count). The van der Waals surface area contributed by atoms with Gasteiger partial charge < -0.3 is 9.47 Å². The summed E-state index contributed by atoms with van der Waals surface area (Å²) in [5.41, 5.74) is 1.24. The average molecular weight is 379 g/mol. The largest absolute Gasteiger partial charge is 0.469 e. The van der Waals surface area contributed by atoms with Crippen LogP contribution in [0.1, 0.15) is 79.6 Å². The van der Waals surface area contributed by atoms with E-state index in [-0.39, 0.29) is 22.8 Å². The Morgan fingerprint density at radius 3 is 2.59 bits per heavy atom. The minimum absolute atomic E-state index is 0.0512. The number of hydrogen-bond donors (Lipinski definition) is 0. The molecule has 2 aliphatic carbocycles. The van der Waals surface area contributed by atoms with E-state index in [1.54, 1.807) is 0 Å². The molecule has 0 heterocycles. The van der Waals surface area contributed by atoms with Crippen molar-refractivity contribution < 1.29 is 19.1 Å². The first kappa shape index (κ1) is 22.0. The summed E-state index contributed by atoms with van der Waals surface area (Å²) in [6.45, 7) is 11.1. The van der Waals surface area contributed by atoms with E-state index in [4.69, 9.17) is 9.47 Å². The van der Waals surface area contributed by atoms with Crippen molar-refractivity contribution in [2.45, 2.75) is 79.6 Å². The Morgan fingerprint density at radius 1 is 1.26 bits per heavy atom. The fraction of sp³-hybridized carbons (Fsp3) is 0.826. The molecule has 0 aliphatic heterocycles. The van der Waals surface area contributed by atoms with Crippen LogP contribution in [-0.2, 0) is 19.1 Å². The zero-order chi connectivity index (χ0) is 20.2. The van der Waals surface area contributed by atoms with E-state index in [1.165, 1.54) is 19.6 Å². The summed E-state index contributed by atoms with van der Waals surface area (Å²) in [6.07, 6.45) is 9.65. The third kappa shape index (κ3) is 4.57. The van der Waals surface area contributed by atoms with E-state index in [1.807, 2.05) is 0 Å². The van der Waals surface area contributed by atoms with Gasteiger partial charge in [0.1, 0.15) is 0 Å². The molecule has 27 heavy (non-hydrogen) atoms. The highest BCUT2D eigenvalue weighted by Gasteiger charge is 2.52. The summed E-state index contributed by atoms with van der Waals surface area (Å²) < 4.78 is 10.3. The van der Waals surface area contributed by atoms with E-state index >= 15 is 0 Å². The summed E-state index contributed by atoms with van der Waals surface area (Å²) >= 11 is 0. The van der Waals surface area contributed by atoms with Gasteiger partial charge in [0.05, 0.1) is 19.1 Å². The topological polar surface area (TPSA) is 52.6 Å². The SMILES string of the molecule is COC(=O)[C@@]1(C)CCC=C2[C@H]1CC[C@@H](C)[C@]2(C)CC[C@H](C)CCOC(C)=O. The quantitative estimate of drug-likeness (QED) is 0.445. The Balaban J connectivity index is 2.11. The minimum Gasteiger partial charge on any atom is -0.469 e. The fourth-order valence-electron chi connectivity index (χ4n) is 5.27. The van der Waals surface area contributed by atoms with Crippen LogP contribution in [0.3, 0.4) is 0 Å². The molecule has 0 aromatic heterocycles. The second kappa shape index (κ2) is 8.79. The number of carbonyl (C=O) groups is 2. The molecule has 5 atom stereocenters. The van der Waals surface area contributed by atoms with Crippen LogP contribution >= 0.6 is 0 Å². The maximum atomic E-state index is 12.6. The Bertz CT molecular complexity index is 581. The van der Waals surface area contributed by atoms with E-state index in [0.29, 0.717) is 24.4 Å². The molecule has 2 aliphatic rings. The van der Waals surface area contributed by atoms with Crippen molar-refractivity contribution in [3.05, 3.63) is 11.6 Å². The van der Waals surface area contributed by atoms with Crippen LogP contribution in [0.2, 0.25) is 0 Å². The Kier molecular flexibility index (Phi) is 7.15. The normalized spacial score (nSPS) is 34.2. The number of allylic oxidation sites excluding steroid dienone is 2. The third-order valence-electron chi connectivity index (χ3n) is 7.53. The first-order chi connectivity index (χ1) is 12.6. The van der Waals surface area contributed by atoms with E-state index in [2.05, 4.69) is 33.8 Å². The first-order valence-corrected chi connectivity index (χ1v) is 10.6. The maximum absolute atomic E-state index is 12.6. The highest BCUT2D eigenvalue weighted by atomic mass is 16.5. The number of ether oxygens (including phenoxy) is 2. The molecule has 0 amide bonds. The molecular weight excluding hydrogens is 340 g/mol. The van der Waals surface area contributed by atoms with Gasteiger partial charge in [0.25, 0.3) is 0 Å². The molecule has 0 aromatic rings. The highest BCUT2D eigenvalue weighted by Crippen LogP contribution is 2.58. The number of rotatable bonds is 7.